The molecule has 1 aliphatic heterocycles. The van der Waals surface area contributed by atoms with Gasteiger partial charge in [-0.3, -0.25) is 19.9 Å². The lowest BCUT2D eigenvalue weighted by Gasteiger charge is -2.28. The topological polar surface area (TPSA) is 128 Å². The summed E-state index contributed by atoms with van der Waals surface area (Å²) in [4.78, 5) is 36.0. The molecule has 0 saturated carbocycles. The molecule has 0 spiro atoms. The number of aromatic amines is 2. The van der Waals surface area contributed by atoms with E-state index in [1.807, 2.05) is 25.3 Å². The van der Waals surface area contributed by atoms with Gasteiger partial charge in [0.05, 0.1) is 35.0 Å². The lowest BCUT2D eigenvalue weighted by atomic mass is 10.1. The maximum Gasteiger partial charge on any atom is 0.224 e. The van der Waals surface area contributed by atoms with Crippen molar-refractivity contribution in [2.45, 2.75) is 39.0 Å². The summed E-state index contributed by atoms with van der Waals surface area (Å²) in [6.45, 7) is 4.06. The first-order chi connectivity index (χ1) is 17.7. The van der Waals surface area contributed by atoms with E-state index in [-0.39, 0.29) is 5.91 Å². The fraction of sp³-hybridized carbons (Fsp3) is 0.308. The maximum absolute atomic E-state index is 12.0. The van der Waals surface area contributed by atoms with E-state index in [2.05, 4.69) is 46.4 Å². The first kappa shape index (κ1) is 22.1. The normalized spacial score (nSPS) is 14.0. The summed E-state index contributed by atoms with van der Waals surface area (Å²) in [6, 6.07) is 5.90. The minimum atomic E-state index is -0.0283. The predicted octanol–water partition coefficient (Wildman–Crippen LogP) is 4.69. The summed E-state index contributed by atoms with van der Waals surface area (Å²) in [7, 11) is 0. The molecule has 1 fully saturated rings. The van der Waals surface area contributed by atoms with Crippen LogP contribution in [-0.4, -0.2) is 54.1 Å². The number of nitrogens with one attached hydrogen (secondary N) is 3. The van der Waals surface area contributed by atoms with Gasteiger partial charge in [-0.15, -0.1) is 0 Å². The van der Waals surface area contributed by atoms with Crippen LogP contribution in [-0.2, 0) is 4.79 Å². The zero-order valence-electron chi connectivity index (χ0n) is 20.1. The Morgan fingerprint density at radius 2 is 2.00 bits per heavy atom. The molecule has 6 rings (SSSR count). The Kier molecular flexibility index (Phi) is 5.76. The Morgan fingerprint density at radius 3 is 2.86 bits per heavy atom. The summed E-state index contributed by atoms with van der Waals surface area (Å²) in [5.41, 5.74) is 6.43. The molecule has 36 heavy (non-hydrogen) atoms. The fourth-order valence-corrected chi connectivity index (χ4v) is 4.76. The summed E-state index contributed by atoms with van der Waals surface area (Å²) in [5, 5.41) is 11.4. The predicted molar refractivity (Wildman–Crippen MR) is 140 cm³/mol. The molecule has 0 atom stereocenters. The third-order valence-corrected chi connectivity index (χ3v) is 6.53. The van der Waals surface area contributed by atoms with Crippen LogP contribution < -0.4 is 10.2 Å². The number of carbonyl (C=O) groups is 1. The number of imidazole rings is 1. The second-order valence-electron chi connectivity index (χ2n) is 9.11. The van der Waals surface area contributed by atoms with Crippen LogP contribution in [0.15, 0.2) is 43.0 Å². The van der Waals surface area contributed by atoms with Crippen molar-refractivity contribution < 1.29 is 4.79 Å². The van der Waals surface area contributed by atoms with Crippen molar-refractivity contribution in [2.75, 3.05) is 23.3 Å². The Bertz CT molecular complexity index is 1550. The van der Waals surface area contributed by atoms with Gasteiger partial charge in [0.15, 0.2) is 11.5 Å². The largest absolute Gasteiger partial charge is 0.370 e. The van der Waals surface area contributed by atoms with Crippen molar-refractivity contribution in [2.24, 2.45) is 0 Å². The molecule has 5 aromatic rings. The number of fused-ring (bicyclic) bond motifs is 2. The van der Waals surface area contributed by atoms with Crippen LogP contribution in [0.3, 0.4) is 0 Å². The van der Waals surface area contributed by atoms with E-state index in [1.54, 1.807) is 18.6 Å². The summed E-state index contributed by atoms with van der Waals surface area (Å²) in [5.74, 6) is 0.628. The molecule has 0 unspecified atom stereocenters. The lowest BCUT2D eigenvalue weighted by molar-refractivity contribution is -0.116. The van der Waals surface area contributed by atoms with Crippen molar-refractivity contribution in [1.82, 2.24) is 35.1 Å². The minimum absolute atomic E-state index is 0.0283. The molecule has 0 aliphatic carbocycles. The van der Waals surface area contributed by atoms with Crippen molar-refractivity contribution >= 4 is 39.3 Å². The number of hydrogen-bond acceptors (Lipinski definition) is 7. The van der Waals surface area contributed by atoms with Gasteiger partial charge in [-0.2, -0.15) is 5.10 Å². The van der Waals surface area contributed by atoms with E-state index < -0.39 is 0 Å². The number of carbonyl (C=O) groups excluding carboxylic acids is 1. The van der Waals surface area contributed by atoms with E-state index in [0.29, 0.717) is 29.3 Å². The zero-order valence-corrected chi connectivity index (χ0v) is 20.1. The Morgan fingerprint density at radius 1 is 1.11 bits per heavy atom. The molecule has 6 heterocycles. The molecule has 3 N–H and O–H groups in total. The number of rotatable bonds is 6. The third-order valence-electron chi connectivity index (χ3n) is 6.53. The number of H-pyrrole nitrogens is 2. The first-order valence-corrected chi connectivity index (χ1v) is 12.4. The standard InChI is InChI=1S/C26H27N9O/c1-2-6-22(36)30-17-11-16(13-27-14-17)19-12-18-20(15-29-19)33-34-23(18)26-31-24-21(7-8-28-25(24)32-26)35-9-4-3-5-10-35/h7-8,11-15H,2-6,9-10H2,1H3,(H,30,36)(H,33,34)(H,28,31,32). The Hall–Kier alpha value is -4.34. The number of hydrogen-bond donors (Lipinski definition) is 3. The molecule has 10 heteroatoms. The van der Waals surface area contributed by atoms with E-state index >= 15 is 0 Å². The van der Waals surface area contributed by atoms with Crippen LogP contribution in [0.2, 0.25) is 0 Å². The molecule has 182 valence electrons. The van der Waals surface area contributed by atoms with Crippen LogP contribution in [0.25, 0.3) is 44.8 Å². The number of aromatic nitrogens is 7. The van der Waals surface area contributed by atoms with Gasteiger partial charge in [-0.1, -0.05) is 6.92 Å². The van der Waals surface area contributed by atoms with Crippen molar-refractivity contribution in [3.63, 3.8) is 0 Å². The van der Waals surface area contributed by atoms with Gasteiger partial charge in [0.2, 0.25) is 5.91 Å². The molecule has 1 saturated heterocycles. The number of pyridine rings is 3. The van der Waals surface area contributed by atoms with Gasteiger partial charge < -0.3 is 15.2 Å². The van der Waals surface area contributed by atoms with Crippen LogP contribution in [0.4, 0.5) is 11.4 Å². The summed E-state index contributed by atoms with van der Waals surface area (Å²) >= 11 is 0. The fourth-order valence-electron chi connectivity index (χ4n) is 4.76. The third kappa shape index (κ3) is 4.15. The lowest BCUT2D eigenvalue weighted by Crippen LogP contribution is -2.29. The van der Waals surface area contributed by atoms with Gasteiger partial charge in [0.25, 0.3) is 0 Å². The van der Waals surface area contributed by atoms with Crippen molar-refractivity contribution in [1.29, 1.82) is 0 Å². The highest BCUT2D eigenvalue weighted by atomic mass is 16.1. The monoisotopic (exact) mass is 481 g/mol. The number of amides is 1. The molecule has 5 aromatic heterocycles. The molecule has 0 aromatic carbocycles. The summed E-state index contributed by atoms with van der Waals surface area (Å²) < 4.78 is 0. The van der Waals surface area contributed by atoms with Gasteiger partial charge in [0.1, 0.15) is 11.2 Å². The average molecular weight is 482 g/mol. The minimum Gasteiger partial charge on any atom is -0.370 e. The van der Waals surface area contributed by atoms with Crippen LogP contribution in [0, 0.1) is 0 Å². The molecular formula is C26H27N9O. The number of nitrogens with zero attached hydrogens (tertiary/aromatic N) is 6. The van der Waals surface area contributed by atoms with Crippen LogP contribution >= 0.6 is 0 Å². The molecule has 1 aliphatic rings. The van der Waals surface area contributed by atoms with Crippen LogP contribution in [0.5, 0.6) is 0 Å². The molecule has 10 nitrogen and oxygen atoms in total. The van der Waals surface area contributed by atoms with E-state index in [4.69, 9.17) is 4.98 Å². The van der Waals surface area contributed by atoms with E-state index in [0.717, 1.165) is 52.9 Å². The smallest absolute Gasteiger partial charge is 0.224 e. The Labute approximate surface area is 207 Å². The van der Waals surface area contributed by atoms with Crippen molar-refractivity contribution in [3.8, 4) is 22.8 Å². The van der Waals surface area contributed by atoms with Crippen LogP contribution in [0.1, 0.15) is 39.0 Å². The van der Waals surface area contributed by atoms with Gasteiger partial charge >= 0.3 is 0 Å². The highest BCUT2D eigenvalue weighted by Crippen LogP contribution is 2.32. The maximum atomic E-state index is 12.0. The molecule has 0 radical (unpaired) electrons. The average Bonchev–Trinajstić information content (AvgIpc) is 3.53. The van der Waals surface area contributed by atoms with E-state index in [1.165, 1.54) is 19.3 Å². The SMILES string of the molecule is CCCC(=O)Nc1cncc(-c2cc3c(-c4nc5nccc(N6CCCCC6)c5[nH]4)n[nH]c3cn2)c1. The summed E-state index contributed by atoms with van der Waals surface area (Å²) in [6.07, 6.45) is 11.9. The number of anilines is 2. The molecule has 1 amide bonds. The second kappa shape index (κ2) is 9.37. The quantitative estimate of drug-likeness (QED) is 0.321. The highest BCUT2D eigenvalue weighted by molar-refractivity contribution is 5.96. The zero-order chi connectivity index (χ0) is 24.5. The molecular weight excluding hydrogens is 454 g/mol. The second-order valence-corrected chi connectivity index (χ2v) is 9.11. The Balaban J connectivity index is 1.37. The van der Waals surface area contributed by atoms with Gasteiger partial charge in [0, 0.05) is 42.9 Å². The highest BCUT2D eigenvalue weighted by Gasteiger charge is 2.19. The van der Waals surface area contributed by atoms with Gasteiger partial charge in [-0.25, -0.2) is 9.97 Å². The van der Waals surface area contributed by atoms with Crippen molar-refractivity contribution in [3.05, 3.63) is 43.0 Å². The molecule has 0 bridgehead atoms. The van der Waals surface area contributed by atoms with E-state index in [9.17, 15) is 4.79 Å². The first-order valence-electron chi connectivity index (χ1n) is 12.4. The van der Waals surface area contributed by atoms with Gasteiger partial charge in [-0.05, 0) is 43.9 Å². The number of piperidine rings is 1.